The van der Waals surface area contributed by atoms with Crippen molar-refractivity contribution in [3.05, 3.63) is 51.5 Å². The van der Waals surface area contributed by atoms with Crippen LogP contribution in [0.2, 0.25) is 0 Å². The number of ether oxygens (including phenoxy) is 1. The molecule has 2 N–H and O–H groups in total. The van der Waals surface area contributed by atoms with E-state index in [1.807, 2.05) is 25.1 Å². The van der Waals surface area contributed by atoms with Crippen molar-refractivity contribution in [3.8, 4) is 0 Å². The Kier molecular flexibility index (Phi) is 4.15. The van der Waals surface area contributed by atoms with Gasteiger partial charge in [-0.05, 0) is 25.3 Å². The number of thiazole rings is 1. The molecule has 1 heterocycles. The fourth-order valence-electron chi connectivity index (χ4n) is 2.42. The van der Waals surface area contributed by atoms with E-state index in [1.165, 1.54) is 23.4 Å². The van der Waals surface area contributed by atoms with Gasteiger partial charge < -0.3 is 10.5 Å². The summed E-state index contributed by atoms with van der Waals surface area (Å²) < 4.78 is 5.93. The summed E-state index contributed by atoms with van der Waals surface area (Å²) in [6.45, 7) is 3.28. The van der Waals surface area contributed by atoms with E-state index in [1.54, 1.807) is 11.3 Å². The molecule has 0 radical (unpaired) electrons. The predicted molar refractivity (Wildman–Crippen MR) is 81.9 cm³/mol. The molecule has 106 valence electrons. The zero-order valence-corrected chi connectivity index (χ0v) is 12.5. The standard InChI is InChI=1S/C16H20N2OS/c1-2-19-15(12-6-4-3-5-7-12)16-18-14(11-8-9-11)13(10-17)20-16/h3-7,11,15H,2,8-10,17H2,1H3. The Morgan fingerprint density at radius 2 is 2.10 bits per heavy atom. The topological polar surface area (TPSA) is 48.1 Å². The number of benzene rings is 1. The molecule has 0 spiro atoms. The van der Waals surface area contributed by atoms with E-state index in [9.17, 15) is 0 Å². The van der Waals surface area contributed by atoms with Crippen molar-refractivity contribution in [2.75, 3.05) is 6.61 Å². The lowest BCUT2D eigenvalue weighted by molar-refractivity contribution is 0.0910. The van der Waals surface area contributed by atoms with E-state index in [0.717, 1.165) is 10.6 Å². The molecule has 1 aliphatic rings. The molecular weight excluding hydrogens is 268 g/mol. The molecule has 3 nitrogen and oxygen atoms in total. The summed E-state index contributed by atoms with van der Waals surface area (Å²) in [7, 11) is 0. The van der Waals surface area contributed by atoms with Crippen molar-refractivity contribution < 1.29 is 4.74 Å². The number of rotatable bonds is 6. The van der Waals surface area contributed by atoms with Gasteiger partial charge in [-0.25, -0.2) is 4.98 Å². The highest BCUT2D eigenvalue weighted by Crippen LogP contribution is 2.44. The lowest BCUT2D eigenvalue weighted by atomic mass is 10.1. The van der Waals surface area contributed by atoms with E-state index < -0.39 is 0 Å². The molecule has 1 aromatic carbocycles. The fourth-order valence-corrected chi connectivity index (χ4v) is 3.53. The molecule has 1 fully saturated rings. The third kappa shape index (κ3) is 2.77. The first kappa shape index (κ1) is 13.7. The minimum atomic E-state index is -0.0657. The van der Waals surface area contributed by atoms with Gasteiger partial charge in [-0.15, -0.1) is 11.3 Å². The van der Waals surface area contributed by atoms with E-state index in [4.69, 9.17) is 15.5 Å². The van der Waals surface area contributed by atoms with Crippen LogP contribution >= 0.6 is 11.3 Å². The van der Waals surface area contributed by atoms with Crippen molar-refractivity contribution >= 4 is 11.3 Å². The molecule has 1 aromatic heterocycles. The van der Waals surface area contributed by atoms with Gasteiger partial charge in [0.2, 0.25) is 0 Å². The van der Waals surface area contributed by atoms with E-state index in [0.29, 0.717) is 19.1 Å². The van der Waals surface area contributed by atoms with Gasteiger partial charge in [0, 0.05) is 23.9 Å². The van der Waals surface area contributed by atoms with E-state index in [2.05, 4.69) is 12.1 Å². The van der Waals surface area contributed by atoms with E-state index in [-0.39, 0.29) is 6.10 Å². The molecule has 1 saturated carbocycles. The van der Waals surface area contributed by atoms with Gasteiger partial charge in [-0.2, -0.15) is 0 Å². The SMILES string of the molecule is CCOC(c1ccccc1)c1nc(C2CC2)c(CN)s1. The Morgan fingerprint density at radius 3 is 2.70 bits per heavy atom. The van der Waals surface area contributed by atoms with Crippen LogP contribution in [-0.4, -0.2) is 11.6 Å². The minimum absolute atomic E-state index is 0.0657. The van der Waals surface area contributed by atoms with Gasteiger partial charge in [0.05, 0.1) is 5.69 Å². The van der Waals surface area contributed by atoms with Crippen LogP contribution in [0.1, 0.15) is 52.9 Å². The third-order valence-electron chi connectivity index (χ3n) is 3.55. The zero-order chi connectivity index (χ0) is 13.9. The van der Waals surface area contributed by atoms with Crippen LogP contribution in [0.3, 0.4) is 0 Å². The molecule has 0 amide bonds. The molecular formula is C16H20N2OS. The van der Waals surface area contributed by atoms with Gasteiger partial charge in [0.25, 0.3) is 0 Å². The molecule has 1 unspecified atom stereocenters. The average molecular weight is 288 g/mol. The lowest BCUT2D eigenvalue weighted by Crippen LogP contribution is -2.05. The van der Waals surface area contributed by atoms with Crippen molar-refractivity contribution in [1.29, 1.82) is 0 Å². The van der Waals surface area contributed by atoms with Gasteiger partial charge in [-0.3, -0.25) is 0 Å². The quantitative estimate of drug-likeness (QED) is 0.883. The third-order valence-corrected chi connectivity index (χ3v) is 4.69. The van der Waals surface area contributed by atoms with Crippen LogP contribution in [-0.2, 0) is 11.3 Å². The molecule has 4 heteroatoms. The fraction of sp³-hybridized carbons (Fsp3) is 0.438. The van der Waals surface area contributed by atoms with Crippen LogP contribution in [0.4, 0.5) is 0 Å². The van der Waals surface area contributed by atoms with Crippen LogP contribution in [0, 0.1) is 0 Å². The largest absolute Gasteiger partial charge is 0.367 e. The maximum atomic E-state index is 5.93. The lowest BCUT2D eigenvalue weighted by Gasteiger charge is -2.14. The first-order valence-electron chi connectivity index (χ1n) is 7.19. The maximum absolute atomic E-state index is 5.93. The Labute approximate surface area is 123 Å². The molecule has 2 aromatic rings. The molecule has 1 atom stereocenters. The summed E-state index contributed by atoms with van der Waals surface area (Å²) in [6.07, 6.45) is 2.44. The number of nitrogens with two attached hydrogens (primary N) is 1. The Balaban J connectivity index is 1.95. The van der Waals surface area contributed by atoms with Crippen molar-refractivity contribution in [3.63, 3.8) is 0 Å². The number of hydrogen-bond acceptors (Lipinski definition) is 4. The molecule has 1 aliphatic carbocycles. The highest BCUT2D eigenvalue weighted by atomic mass is 32.1. The number of nitrogens with zero attached hydrogens (tertiary/aromatic N) is 1. The highest BCUT2D eigenvalue weighted by Gasteiger charge is 2.31. The molecule has 3 rings (SSSR count). The average Bonchev–Trinajstić information content (AvgIpc) is 3.25. The van der Waals surface area contributed by atoms with Gasteiger partial charge >= 0.3 is 0 Å². The van der Waals surface area contributed by atoms with Crippen molar-refractivity contribution in [1.82, 2.24) is 4.98 Å². The van der Waals surface area contributed by atoms with Crippen molar-refractivity contribution in [2.45, 2.75) is 38.3 Å². The molecule has 0 bridgehead atoms. The number of aromatic nitrogens is 1. The first-order chi connectivity index (χ1) is 9.83. The predicted octanol–water partition coefficient (Wildman–Crippen LogP) is 3.61. The second-order valence-corrected chi connectivity index (χ2v) is 6.20. The maximum Gasteiger partial charge on any atom is 0.134 e. The van der Waals surface area contributed by atoms with Crippen LogP contribution in [0.15, 0.2) is 30.3 Å². The first-order valence-corrected chi connectivity index (χ1v) is 8.01. The summed E-state index contributed by atoms with van der Waals surface area (Å²) in [5, 5.41) is 1.04. The van der Waals surface area contributed by atoms with Gasteiger partial charge in [-0.1, -0.05) is 30.3 Å². The Bertz CT molecular complexity index is 563. The Hall–Kier alpha value is -1.23. The molecule has 0 saturated heterocycles. The molecule has 20 heavy (non-hydrogen) atoms. The summed E-state index contributed by atoms with van der Waals surface area (Å²) in [6, 6.07) is 10.3. The number of hydrogen-bond donors (Lipinski definition) is 1. The van der Waals surface area contributed by atoms with Gasteiger partial charge in [0.15, 0.2) is 0 Å². The van der Waals surface area contributed by atoms with Crippen LogP contribution < -0.4 is 5.73 Å². The summed E-state index contributed by atoms with van der Waals surface area (Å²) >= 11 is 1.71. The van der Waals surface area contributed by atoms with Gasteiger partial charge in [0.1, 0.15) is 11.1 Å². The second-order valence-electron chi connectivity index (χ2n) is 5.08. The summed E-state index contributed by atoms with van der Waals surface area (Å²) in [4.78, 5) is 6.08. The minimum Gasteiger partial charge on any atom is -0.367 e. The summed E-state index contributed by atoms with van der Waals surface area (Å²) in [5.74, 6) is 0.636. The van der Waals surface area contributed by atoms with Crippen LogP contribution in [0.25, 0.3) is 0 Å². The summed E-state index contributed by atoms with van der Waals surface area (Å²) in [5.41, 5.74) is 8.25. The van der Waals surface area contributed by atoms with E-state index >= 15 is 0 Å². The Morgan fingerprint density at radius 1 is 1.35 bits per heavy atom. The molecule has 0 aliphatic heterocycles. The van der Waals surface area contributed by atoms with Crippen molar-refractivity contribution in [2.24, 2.45) is 5.73 Å². The monoisotopic (exact) mass is 288 g/mol. The normalized spacial score (nSPS) is 16.3. The van der Waals surface area contributed by atoms with Crippen LogP contribution in [0.5, 0.6) is 0 Å². The highest BCUT2D eigenvalue weighted by molar-refractivity contribution is 7.11. The smallest absolute Gasteiger partial charge is 0.134 e. The second kappa shape index (κ2) is 6.04. The zero-order valence-electron chi connectivity index (χ0n) is 11.7.